The summed E-state index contributed by atoms with van der Waals surface area (Å²) < 4.78 is 0. The minimum atomic E-state index is -1.20. The number of unbranched alkanes of at least 4 members (excludes halogenated alkanes) is 3. The van der Waals surface area contributed by atoms with E-state index in [4.69, 9.17) is 10.2 Å². The molecule has 0 atom stereocenters. The predicted molar refractivity (Wildman–Crippen MR) is 59.3 cm³/mol. The van der Waals surface area contributed by atoms with Crippen molar-refractivity contribution in [2.24, 2.45) is 0 Å². The molecule has 5 heteroatoms. The summed E-state index contributed by atoms with van der Waals surface area (Å²) in [6, 6.07) is 0. The van der Waals surface area contributed by atoms with Crippen LogP contribution in [0.5, 0.6) is 0 Å². The molecule has 0 aromatic heterocycles. The zero-order valence-electron chi connectivity index (χ0n) is 8.32. The Morgan fingerprint density at radius 2 is 1.73 bits per heavy atom. The zero-order valence-corrected chi connectivity index (χ0v) is 8.32. The van der Waals surface area contributed by atoms with Gasteiger partial charge in [0.2, 0.25) is 0 Å². The SMILES string of the molecule is CCCCCC/C(=C/C(=O)O)C(=O)O.[NaH]. The summed E-state index contributed by atoms with van der Waals surface area (Å²) in [7, 11) is 0. The monoisotopic (exact) mass is 224 g/mol. The van der Waals surface area contributed by atoms with Crippen LogP contribution >= 0.6 is 0 Å². The van der Waals surface area contributed by atoms with Crippen LogP contribution in [-0.4, -0.2) is 51.7 Å². The molecule has 0 bridgehead atoms. The first-order valence-electron chi connectivity index (χ1n) is 4.74. The summed E-state index contributed by atoms with van der Waals surface area (Å²) in [5, 5.41) is 17.0. The normalized spacial score (nSPS) is 10.6. The molecule has 0 unspecified atom stereocenters. The van der Waals surface area contributed by atoms with Crippen molar-refractivity contribution in [3.63, 3.8) is 0 Å². The van der Waals surface area contributed by atoms with E-state index in [1.165, 1.54) is 0 Å². The molecule has 2 N–H and O–H groups in total. The third-order valence-electron chi connectivity index (χ3n) is 1.87. The maximum absolute atomic E-state index is 10.6. The van der Waals surface area contributed by atoms with Gasteiger partial charge in [-0.25, -0.2) is 9.59 Å². The van der Waals surface area contributed by atoms with Gasteiger partial charge in [0.25, 0.3) is 0 Å². The van der Waals surface area contributed by atoms with Crippen LogP contribution < -0.4 is 0 Å². The van der Waals surface area contributed by atoms with Crippen LogP contribution in [0.3, 0.4) is 0 Å². The summed E-state index contributed by atoms with van der Waals surface area (Å²) in [6.07, 6.45) is 4.92. The Kier molecular flexibility index (Phi) is 11.6. The second kappa shape index (κ2) is 10.2. The quantitative estimate of drug-likeness (QED) is 0.389. The number of aliphatic carboxylic acids is 2. The van der Waals surface area contributed by atoms with Gasteiger partial charge in [-0.2, -0.15) is 0 Å². The zero-order chi connectivity index (χ0) is 11.0. The van der Waals surface area contributed by atoms with Crippen LogP contribution in [0.15, 0.2) is 11.6 Å². The summed E-state index contributed by atoms with van der Waals surface area (Å²) >= 11 is 0. The molecule has 0 saturated heterocycles. The third-order valence-corrected chi connectivity index (χ3v) is 1.87. The summed E-state index contributed by atoms with van der Waals surface area (Å²) in [4.78, 5) is 20.8. The molecule has 0 saturated carbocycles. The Bertz CT molecular complexity index is 236. The van der Waals surface area contributed by atoms with Crippen LogP contribution in [0, 0.1) is 0 Å². The van der Waals surface area contributed by atoms with Crippen molar-refractivity contribution in [3.05, 3.63) is 11.6 Å². The van der Waals surface area contributed by atoms with Crippen LogP contribution in [-0.2, 0) is 9.59 Å². The number of carbonyl (C=O) groups is 2. The van der Waals surface area contributed by atoms with Crippen molar-refractivity contribution in [1.82, 2.24) is 0 Å². The van der Waals surface area contributed by atoms with Gasteiger partial charge >= 0.3 is 41.5 Å². The van der Waals surface area contributed by atoms with Crippen molar-refractivity contribution in [1.29, 1.82) is 0 Å². The minimum absolute atomic E-state index is 0. The Morgan fingerprint density at radius 3 is 2.13 bits per heavy atom. The van der Waals surface area contributed by atoms with E-state index in [9.17, 15) is 9.59 Å². The van der Waals surface area contributed by atoms with E-state index in [0.717, 1.165) is 31.8 Å². The molecular formula is C10H17NaO4. The molecule has 0 aliphatic heterocycles. The summed E-state index contributed by atoms with van der Waals surface area (Å²) in [5.41, 5.74) is -0.0198. The summed E-state index contributed by atoms with van der Waals surface area (Å²) in [6.45, 7) is 2.06. The Morgan fingerprint density at radius 1 is 1.13 bits per heavy atom. The number of hydrogen-bond acceptors (Lipinski definition) is 2. The van der Waals surface area contributed by atoms with E-state index < -0.39 is 11.9 Å². The third kappa shape index (κ3) is 9.97. The molecular weight excluding hydrogens is 207 g/mol. The molecule has 0 rings (SSSR count). The van der Waals surface area contributed by atoms with Gasteiger partial charge in [0, 0.05) is 11.6 Å². The molecule has 4 nitrogen and oxygen atoms in total. The van der Waals surface area contributed by atoms with Crippen LogP contribution in [0.25, 0.3) is 0 Å². The number of rotatable bonds is 7. The van der Waals surface area contributed by atoms with E-state index in [2.05, 4.69) is 6.92 Å². The maximum atomic E-state index is 10.6. The average Bonchev–Trinajstić information content (AvgIpc) is 2.09. The Hall–Kier alpha value is -0.320. The van der Waals surface area contributed by atoms with Gasteiger partial charge in [-0.15, -0.1) is 0 Å². The fraction of sp³-hybridized carbons (Fsp3) is 0.600. The van der Waals surface area contributed by atoms with E-state index >= 15 is 0 Å². The van der Waals surface area contributed by atoms with Gasteiger partial charge in [0.05, 0.1) is 0 Å². The first-order chi connectivity index (χ1) is 6.57. The van der Waals surface area contributed by atoms with Gasteiger partial charge in [-0.3, -0.25) is 0 Å². The van der Waals surface area contributed by atoms with E-state index in [-0.39, 0.29) is 35.1 Å². The molecule has 82 valence electrons. The standard InChI is InChI=1S/C10H16O4.Na.H/c1-2-3-4-5-6-8(10(13)14)7-9(11)12;;/h7H,2-6H2,1H3,(H,11,12)(H,13,14);;/b8-7-;;. The fourth-order valence-corrected chi connectivity index (χ4v) is 1.13. The van der Waals surface area contributed by atoms with Gasteiger partial charge in [-0.1, -0.05) is 26.2 Å². The Labute approximate surface area is 112 Å². The molecule has 0 aliphatic carbocycles. The molecule has 15 heavy (non-hydrogen) atoms. The van der Waals surface area contributed by atoms with Crippen molar-refractivity contribution in [3.8, 4) is 0 Å². The molecule has 0 aromatic rings. The molecule has 0 radical (unpaired) electrons. The predicted octanol–water partition coefficient (Wildman–Crippen LogP) is 1.40. The molecule has 0 aliphatic rings. The van der Waals surface area contributed by atoms with Gasteiger partial charge in [0.1, 0.15) is 0 Å². The van der Waals surface area contributed by atoms with E-state index in [0.29, 0.717) is 6.42 Å². The van der Waals surface area contributed by atoms with Crippen molar-refractivity contribution in [2.75, 3.05) is 0 Å². The average molecular weight is 224 g/mol. The van der Waals surface area contributed by atoms with E-state index in [1.54, 1.807) is 0 Å². The van der Waals surface area contributed by atoms with Crippen LogP contribution in [0.1, 0.15) is 39.0 Å². The second-order valence-corrected chi connectivity index (χ2v) is 3.12. The Balaban J connectivity index is 0. The number of hydrogen-bond donors (Lipinski definition) is 2. The molecule has 0 amide bonds. The molecule has 0 heterocycles. The number of carboxylic acids is 2. The summed E-state index contributed by atoms with van der Waals surface area (Å²) in [5.74, 6) is -2.33. The fourth-order valence-electron chi connectivity index (χ4n) is 1.13. The van der Waals surface area contributed by atoms with Crippen LogP contribution in [0.2, 0.25) is 0 Å². The first-order valence-corrected chi connectivity index (χ1v) is 4.74. The molecule has 0 spiro atoms. The van der Waals surface area contributed by atoms with Crippen molar-refractivity contribution < 1.29 is 19.8 Å². The first kappa shape index (κ1) is 17.1. The second-order valence-electron chi connectivity index (χ2n) is 3.12. The molecule has 0 fully saturated rings. The van der Waals surface area contributed by atoms with Gasteiger partial charge < -0.3 is 10.2 Å². The molecule has 0 aromatic carbocycles. The topological polar surface area (TPSA) is 74.6 Å². The van der Waals surface area contributed by atoms with Crippen molar-refractivity contribution in [2.45, 2.75) is 39.0 Å². The van der Waals surface area contributed by atoms with Gasteiger partial charge in [0.15, 0.2) is 0 Å². The van der Waals surface area contributed by atoms with Crippen LogP contribution in [0.4, 0.5) is 0 Å². The number of carboxylic acid groups (broad SMARTS) is 2. The van der Waals surface area contributed by atoms with E-state index in [1.807, 2.05) is 0 Å². The van der Waals surface area contributed by atoms with Crippen molar-refractivity contribution >= 4 is 41.5 Å². The van der Waals surface area contributed by atoms with Gasteiger partial charge in [-0.05, 0) is 12.8 Å².